The first-order valence-electron chi connectivity index (χ1n) is 10.1. The second-order valence-corrected chi connectivity index (χ2v) is 7.77. The number of hydrogen-bond acceptors (Lipinski definition) is 3. The van der Waals surface area contributed by atoms with E-state index in [9.17, 15) is 9.59 Å². The first-order chi connectivity index (χ1) is 14.6. The fraction of sp³-hybridized carbons (Fsp3) is 0.208. The summed E-state index contributed by atoms with van der Waals surface area (Å²) in [6, 6.07) is 18.2. The number of fused-ring (bicyclic) bond motifs is 2. The third kappa shape index (κ3) is 3.20. The van der Waals surface area contributed by atoms with Gasteiger partial charge in [0.25, 0.3) is 11.5 Å². The van der Waals surface area contributed by atoms with E-state index in [1.807, 2.05) is 42.5 Å². The van der Waals surface area contributed by atoms with Crippen LogP contribution in [-0.2, 0) is 26.6 Å². The fourth-order valence-corrected chi connectivity index (χ4v) is 4.12. The molecular weight excluding hydrogens is 376 g/mol. The number of aryl methyl sites for hydroxylation is 1. The zero-order chi connectivity index (χ0) is 20.7. The van der Waals surface area contributed by atoms with Crippen LogP contribution in [0.4, 0.5) is 0 Å². The molecule has 0 radical (unpaired) electrons. The SMILES string of the molecule is Cn1cnc2c(c1=O)CCN(C(=O)c1ccc3c(ccn3Cc3ccccc3)c1)C2. The van der Waals surface area contributed by atoms with Gasteiger partial charge >= 0.3 is 0 Å². The lowest BCUT2D eigenvalue weighted by Crippen LogP contribution is -2.40. The number of aromatic nitrogens is 3. The van der Waals surface area contributed by atoms with Crippen molar-refractivity contribution in [2.75, 3.05) is 6.54 Å². The monoisotopic (exact) mass is 398 g/mol. The van der Waals surface area contributed by atoms with Crippen molar-refractivity contribution in [3.8, 4) is 0 Å². The zero-order valence-corrected chi connectivity index (χ0v) is 16.8. The van der Waals surface area contributed by atoms with Crippen LogP contribution in [0, 0.1) is 0 Å². The smallest absolute Gasteiger partial charge is 0.256 e. The van der Waals surface area contributed by atoms with Gasteiger partial charge in [0.2, 0.25) is 0 Å². The molecule has 2 aromatic carbocycles. The molecule has 0 bridgehead atoms. The van der Waals surface area contributed by atoms with E-state index in [0.29, 0.717) is 30.8 Å². The van der Waals surface area contributed by atoms with E-state index in [4.69, 9.17) is 0 Å². The number of amides is 1. The molecule has 1 aliphatic rings. The minimum Gasteiger partial charge on any atom is -0.343 e. The number of nitrogens with zero attached hydrogens (tertiary/aromatic N) is 4. The molecule has 150 valence electrons. The molecule has 0 saturated carbocycles. The van der Waals surface area contributed by atoms with E-state index in [1.165, 1.54) is 16.5 Å². The number of rotatable bonds is 3. The van der Waals surface area contributed by atoms with Crippen LogP contribution in [0.3, 0.4) is 0 Å². The minimum atomic E-state index is -0.0270. The largest absolute Gasteiger partial charge is 0.343 e. The summed E-state index contributed by atoms with van der Waals surface area (Å²) >= 11 is 0. The molecule has 0 spiro atoms. The Morgan fingerprint density at radius 1 is 1.10 bits per heavy atom. The molecule has 0 fully saturated rings. The van der Waals surface area contributed by atoms with Crippen molar-refractivity contribution in [2.45, 2.75) is 19.5 Å². The van der Waals surface area contributed by atoms with E-state index < -0.39 is 0 Å². The Morgan fingerprint density at radius 2 is 1.93 bits per heavy atom. The van der Waals surface area contributed by atoms with Gasteiger partial charge in [-0.3, -0.25) is 9.59 Å². The van der Waals surface area contributed by atoms with Gasteiger partial charge in [-0.2, -0.15) is 0 Å². The van der Waals surface area contributed by atoms with Crippen molar-refractivity contribution in [3.05, 3.63) is 99.9 Å². The van der Waals surface area contributed by atoms with Gasteiger partial charge in [0.05, 0.1) is 18.6 Å². The van der Waals surface area contributed by atoms with E-state index in [1.54, 1.807) is 11.9 Å². The third-order valence-corrected chi connectivity index (χ3v) is 5.79. The van der Waals surface area contributed by atoms with Crippen molar-refractivity contribution in [1.82, 2.24) is 19.0 Å². The molecule has 6 nitrogen and oxygen atoms in total. The first-order valence-corrected chi connectivity index (χ1v) is 10.1. The van der Waals surface area contributed by atoms with Gasteiger partial charge in [0, 0.05) is 48.4 Å². The van der Waals surface area contributed by atoms with Gasteiger partial charge in [0.15, 0.2) is 0 Å². The van der Waals surface area contributed by atoms with Crippen LogP contribution in [-0.4, -0.2) is 31.5 Å². The maximum absolute atomic E-state index is 13.1. The van der Waals surface area contributed by atoms with Crippen LogP contribution in [0.1, 0.15) is 27.2 Å². The molecular formula is C24H22N4O2. The second kappa shape index (κ2) is 7.30. The Labute approximate surface area is 174 Å². The average molecular weight is 398 g/mol. The van der Waals surface area contributed by atoms with Crippen LogP contribution in [0.5, 0.6) is 0 Å². The quantitative estimate of drug-likeness (QED) is 0.533. The standard InChI is InChI=1S/C24H22N4O2/c1-26-16-25-21-15-28(12-10-20(21)24(26)30)23(29)19-7-8-22-18(13-19)9-11-27(22)14-17-5-3-2-4-6-17/h2-9,11,13,16H,10,12,14-15H2,1H3. The number of carbonyl (C=O) groups is 1. The second-order valence-electron chi connectivity index (χ2n) is 7.77. The minimum absolute atomic E-state index is 0.0201. The number of benzene rings is 2. The van der Waals surface area contributed by atoms with Crippen LogP contribution in [0.25, 0.3) is 10.9 Å². The molecule has 2 aromatic heterocycles. The molecule has 1 amide bonds. The summed E-state index contributed by atoms with van der Waals surface area (Å²) in [6.45, 7) is 1.69. The summed E-state index contributed by atoms with van der Waals surface area (Å²) in [5, 5.41) is 1.04. The van der Waals surface area contributed by atoms with Crippen LogP contribution in [0.2, 0.25) is 0 Å². The van der Waals surface area contributed by atoms with Gasteiger partial charge in [-0.25, -0.2) is 4.98 Å². The summed E-state index contributed by atoms with van der Waals surface area (Å²) in [4.78, 5) is 31.5. The molecule has 5 rings (SSSR count). The number of hydrogen-bond donors (Lipinski definition) is 0. The van der Waals surface area contributed by atoms with Crippen molar-refractivity contribution < 1.29 is 4.79 Å². The van der Waals surface area contributed by atoms with E-state index in [0.717, 1.165) is 23.0 Å². The normalized spacial score (nSPS) is 13.4. The molecule has 0 unspecified atom stereocenters. The summed E-state index contributed by atoms with van der Waals surface area (Å²) in [7, 11) is 1.70. The predicted octanol–water partition coefficient (Wildman–Crippen LogP) is 2.98. The van der Waals surface area contributed by atoms with Gasteiger partial charge < -0.3 is 14.0 Å². The number of carbonyl (C=O) groups excluding carboxylic acids is 1. The van der Waals surface area contributed by atoms with Crippen LogP contribution >= 0.6 is 0 Å². The van der Waals surface area contributed by atoms with Crippen molar-refractivity contribution >= 4 is 16.8 Å². The summed E-state index contributed by atoms with van der Waals surface area (Å²) in [5.41, 5.74) is 4.40. The predicted molar refractivity (Wildman–Crippen MR) is 115 cm³/mol. The Bertz CT molecular complexity index is 1300. The Hall–Kier alpha value is -3.67. The highest BCUT2D eigenvalue weighted by Crippen LogP contribution is 2.22. The zero-order valence-electron chi connectivity index (χ0n) is 16.8. The van der Waals surface area contributed by atoms with Crippen molar-refractivity contribution in [2.24, 2.45) is 7.05 Å². The average Bonchev–Trinajstić information content (AvgIpc) is 3.18. The highest BCUT2D eigenvalue weighted by atomic mass is 16.2. The summed E-state index contributed by atoms with van der Waals surface area (Å²) < 4.78 is 3.68. The van der Waals surface area contributed by atoms with Gasteiger partial charge in [-0.05, 0) is 36.2 Å². The Kier molecular flexibility index (Phi) is 4.47. The van der Waals surface area contributed by atoms with Crippen LogP contribution < -0.4 is 5.56 Å². The lowest BCUT2D eigenvalue weighted by atomic mass is 10.0. The third-order valence-electron chi connectivity index (χ3n) is 5.79. The highest BCUT2D eigenvalue weighted by Gasteiger charge is 2.25. The molecule has 0 atom stereocenters. The summed E-state index contributed by atoms with van der Waals surface area (Å²) in [6.07, 6.45) is 4.12. The summed E-state index contributed by atoms with van der Waals surface area (Å²) in [5.74, 6) is -0.0270. The van der Waals surface area contributed by atoms with E-state index in [-0.39, 0.29) is 11.5 Å². The van der Waals surface area contributed by atoms with Gasteiger partial charge in [0.1, 0.15) is 0 Å². The topological polar surface area (TPSA) is 60.1 Å². The van der Waals surface area contributed by atoms with Crippen LogP contribution in [0.15, 0.2) is 71.9 Å². The maximum Gasteiger partial charge on any atom is 0.256 e. The molecule has 0 saturated heterocycles. The van der Waals surface area contributed by atoms with E-state index in [2.05, 4.69) is 27.9 Å². The van der Waals surface area contributed by atoms with E-state index >= 15 is 0 Å². The molecule has 30 heavy (non-hydrogen) atoms. The lowest BCUT2D eigenvalue weighted by Gasteiger charge is -2.28. The molecule has 0 aliphatic carbocycles. The molecule has 4 aromatic rings. The van der Waals surface area contributed by atoms with Crippen molar-refractivity contribution in [1.29, 1.82) is 0 Å². The Morgan fingerprint density at radius 3 is 2.77 bits per heavy atom. The fourth-order valence-electron chi connectivity index (χ4n) is 4.12. The highest BCUT2D eigenvalue weighted by molar-refractivity contribution is 5.98. The Balaban J connectivity index is 1.39. The first kappa shape index (κ1) is 18.4. The molecule has 6 heteroatoms. The van der Waals surface area contributed by atoms with Gasteiger partial charge in [-0.1, -0.05) is 30.3 Å². The molecule has 3 heterocycles. The van der Waals surface area contributed by atoms with Crippen molar-refractivity contribution in [3.63, 3.8) is 0 Å². The maximum atomic E-state index is 13.1. The lowest BCUT2D eigenvalue weighted by molar-refractivity contribution is 0.0731. The molecule has 0 N–H and O–H groups in total. The van der Waals surface area contributed by atoms with Gasteiger partial charge in [-0.15, -0.1) is 0 Å². The molecule has 1 aliphatic heterocycles.